The van der Waals surface area contributed by atoms with E-state index in [-0.39, 0.29) is 6.29 Å². The summed E-state index contributed by atoms with van der Waals surface area (Å²) in [6.07, 6.45) is -43.9. The van der Waals surface area contributed by atoms with E-state index in [1.54, 1.807) is 0 Å². The molecule has 24 atom stereocenters. The van der Waals surface area contributed by atoms with E-state index in [1.807, 2.05) is 0 Å². The van der Waals surface area contributed by atoms with E-state index in [2.05, 4.69) is 5.32 Å². The Labute approximate surface area is 329 Å². The molecule has 26 heteroatoms. The van der Waals surface area contributed by atoms with Crippen LogP contribution in [-0.2, 0) is 47.5 Å². The predicted octanol–water partition coefficient (Wildman–Crippen LogP) is -10.9. The van der Waals surface area contributed by atoms with Crippen molar-refractivity contribution in [3.63, 3.8) is 0 Å². The smallest absolute Gasteiger partial charge is 0.217 e. The Hall–Kier alpha value is -1.78. The van der Waals surface area contributed by atoms with Crippen LogP contribution in [0.2, 0.25) is 0 Å². The Morgan fingerprint density at radius 1 is 0.603 bits per heavy atom. The lowest BCUT2D eigenvalue weighted by molar-refractivity contribution is -0.375. The molecule has 4 aliphatic rings. The summed E-state index contributed by atoms with van der Waals surface area (Å²) in [6.45, 7) is -1.75. The zero-order chi connectivity index (χ0) is 43.3. The van der Waals surface area contributed by atoms with Gasteiger partial charge in [0.15, 0.2) is 31.4 Å². The molecule has 16 N–H and O–H groups in total. The first-order chi connectivity index (χ1) is 27.3. The number of nitrogens with one attached hydrogen (secondary N) is 1. The molecule has 4 fully saturated rings. The number of carbonyl (C=O) groups excluding carboxylic acids is 2. The predicted molar refractivity (Wildman–Crippen MR) is 178 cm³/mol. The maximum absolute atomic E-state index is 12.4. The van der Waals surface area contributed by atoms with Gasteiger partial charge in [-0.3, -0.25) is 4.79 Å². The second-order valence-corrected chi connectivity index (χ2v) is 14.3. The fourth-order valence-corrected chi connectivity index (χ4v) is 6.91. The van der Waals surface area contributed by atoms with Crippen LogP contribution in [0.15, 0.2) is 0 Å². The normalized spacial score (nSPS) is 45.8. The van der Waals surface area contributed by atoms with Crippen molar-refractivity contribution in [2.75, 3.05) is 26.4 Å². The summed E-state index contributed by atoms with van der Waals surface area (Å²) in [5.74, 6) is -0.828. The van der Waals surface area contributed by atoms with Crippen LogP contribution in [0, 0.1) is 0 Å². The van der Waals surface area contributed by atoms with Crippen LogP contribution in [0.3, 0.4) is 0 Å². The van der Waals surface area contributed by atoms with Crippen molar-refractivity contribution in [2.24, 2.45) is 0 Å². The fourth-order valence-electron chi connectivity index (χ4n) is 6.91. The Morgan fingerprint density at radius 2 is 1.07 bits per heavy atom. The van der Waals surface area contributed by atoms with Gasteiger partial charge in [-0.2, -0.15) is 0 Å². The molecule has 58 heavy (non-hydrogen) atoms. The summed E-state index contributed by atoms with van der Waals surface area (Å²) in [7, 11) is 0. The Balaban J connectivity index is 1.65. The molecule has 0 aromatic heterocycles. The highest BCUT2D eigenvalue weighted by Gasteiger charge is 2.56. The third kappa shape index (κ3) is 10.6. The number of amides is 1. The van der Waals surface area contributed by atoms with Crippen LogP contribution >= 0.6 is 0 Å². The second kappa shape index (κ2) is 21.3. The van der Waals surface area contributed by atoms with E-state index in [4.69, 9.17) is 37.9 Å². The Kier molecular flexibility index (Phi) is 18.0. The van der Waals surface area contributed by atoms with E-state index in [0.717, 1.165) is 6.92 Å². The maximum atomic E-state index is 12.4. The van der Waals surface area contributed by atoms with Gasteiger partial charge in [0.05, 0.1) is 32.5 Å². The minimum Gasteiger partial charge on any atom is -0.394 e. The van der Waals surface area contributed by atoms with E-state index in [0.29, 0.717) is 0 Å². The highest BCUT2D eigenvalue weighted by Crippen LogP contribution is 2.34. The zero-order valence-corrected chi connectivity index (χ0v) is 31.1. The Morgan fingerprint density at radius 3 is 1.62 bits per heavy atom. The van der Waals surface area contributed by atoms with Crippen molar-refractivity contribution in [1.82, 2.24) is 5.32 Å². The number of hydrogen-bond donors (Lipinski definition) is 16. The van der Waals surface area contributed by atoms with Gasteiger partial charge in [0.1, 0.15) is 116 Å². The van der Waals surface area contributed by atoms with E-state index in [1.165, 1.54) is 6.92 Å². The van der Waals surface area contributed by atoms with Crippen LogP contribution < -0.4 is 5.32 Å². The van der Waals surface area contributed by atoms with Gasteiger partial charge in [0.2, 0.25) is 5.91 Å². The molecule has 9 unspecified atom stereocenters. The lowest BCUT2D eigenvalue weighted by atomic mass is 9.94. The first-order valence-electron chi connectivity index (χ1n) is 18.2. The summed E-state index contributed by atoms with van der Waals surface area (Å²) in [6, 6.07) is -1.71. The highest BCUT2D eigenvalue weighted by molar-refractivity contribution is 5.73. The van der Waals surface area contributed by atoms with Gasteiger partial charge in [-0.15, -0.1) is 0 Å². The first kappa shape index (κ1) is 48.9. The number of hydrogen-bond acceptors (Lipinski definition) is 25. The monoisotopic (exact) mass is 853 g/mol. The number of rotatable bonds is 17. The topological polar surface area (TPSA) is 423 Å². The number of aliphatic hydroxyl groups excluding tert-OH is 15. The van der Waals surface area contributed by atoms with Crippen LogP contribution in [0.5, 0.6) is 0 Å². The second-order valence-electron chi connectivity index (χ2n) is 14.3. The van der Waals surface area contributed by atoms with Gasteiger partial charge in [-0.25, -0.2) is 0 Å². The average Bonchev–Trinajstić information content (AvgIpc) is 3.20. The lowest BCUT2D eigenvalue weighted by Crippen LogP contribution is -2.70. The quantitative estimate of drug-likeness (QED) is 0.0604. The van der Waals surface area contributed by atoms with Gasteiger partial charge in [-0.1, -0.05) is 0 Å². The van der Waals surface area contributed by atoms with E-state index in [9.17, 15) is 86.2 Å². The van der Waals surface area contributed by atoms with Gasteiger partial charge in [0, 0.05) is 6.92 Å². The minimum atomic E-state index is -2.26. The molecule has 4 rings (SSSR count). The molecule has 0 bridgehead atoms. The first-order valence-corrected chi connectivity index (χ1v) is 18.2. The fraction of sp³-hybridized carbons (Fsp3) is 0.938. The van der Waals surface area contributed by atoms with Crippen LogP contribution in [-0.4, -0.2) is 262 Å². The van der Waals surface area contributed by atoms with Crippen molar-refractivity contribution in [3.05, 3.63) is 0 Å². The third-order valence-corrected chi connectivity index (χ3v) is 10.2. The number of carbonyl (C=O) groups is 2. The minimum absolute atomic E-state index is 0.101. The Bertz CT molecular complexity index is 1290. The molecule has 0 spiro atoms. The molecule has 0 saturated carbocycles. The van der Waals surface area contributed by atoms with Crippen LogP contribution in [0.4, 0.5) is 0 Å². The van der Waals surface area contributed by atoms with Crippen molar-refractivity contribution < 1.29 is 124 Å². The summed E-state index contributed by atoms with van der Waals surface area (Å²) < 4.78 is 44.8. The largest absolute Gasteiger partial charge is 0.394 e. The molecule has 4 aliphatic heterocycles. The van der Waals surface area contributed by atoms with Crippen molar-refractivity contribution in [3.8, 4) is 0 Å². The molecule has 1 amide bonds. The van der Waals surface area contributed by atoms with Crippen LogP contribution in [0.25, 0.3) is 0 Å². The average molecular weight is 854 g/mol. The maximum Gasteiger partial charge on any atom is 0.217 e. The number of aliphatic hydroxyl groups is 15. The zero-order valence-electron chi connectivity index (χ0n) is 31.1. The van der Waals surface area contributed by atoms with Gasteiger partial charge in [-0.05, 0) is 6.92 Å². The molecule has 26 nitrogen and oxygen atoms in total. The summed E-state index contributed by atoms with van der Waals surface area (Å²) >= 11 is 0. The van der Waals surface area contributed by atoms with Crippen molar-refractivity contribution in [2.45, 2.75) is 161 Å². The molecule has 0 aliphatic carbocycles. The SMILES string of the molecule is CC(=O)N[C@H]1C(O[C@H]2[C@@H](O)[C@@H](CO)O[C@@H](O[C@H](C(O)CO)C(O[C@@H]3O[C@@H](C)C(O)C(O)[C@@H]3O)[C@@H](O)C=O)[C@@H]2O)O[C@H](CO)[C@@H](O)C1OC1O[C@H](CO)C(O)C(O)[C@H]1O. The third-order valence-electron chi connectivity index (χ3n) is 10.2. The molecular weight excluding hydrogens is 798 g/mol. The summed E-state index contributed by atoms with van der Waals surface area (Å²) in [5, 5.41) is 159. The summed E-state index contributed by atoms with van der Waals surface area (Å²) in [5.41, 5.74) is 0. The molecule has 0 radical (unpaired) electrons. The number of aldehydes is 1. The van der Waals surface area contributed by atoms with E-state index >= 15 is 0 Å². The summed E-state index contributed by atoms with van der Waals surface area (Å²) in [4.78, 5) is 24.3. The number of ether oxygens (including phenoxy) is 8. The van der Waals surface area contributed by atoms with Gasteiger partial charge >= 0.3 is 0 Å². The standard InChI is InChI=1S/C32H55NO25/c1-8-16(42)20(46)22(48)30(51-8)55-25(10(40)3-34)26(11(41)4-35)56-32-24(50)28(19(45)14(7-38)54-32)58-29-15(33-9(2)39)27(18(44)13(6-37)52-29)57-31-23(49)21(47)17(43)12(5-36)53-31/h3,8,10-32,35-38,40-50H,4-7H2,1-2H3,(H,33,39)/t8-,10-,11?,12+,13+,14+,15+,16?,17?,18+,19-,20?,21?,22-,23+,24+,25?,26+,27?,28-,29?,30-,31?,32-/m0/s1. The molecule has 338 valence electrons. The van der Waals surface area contributed by atoms with Gasteiger partial charge in [0.25, 0.3) is 0 Å². The van der Waals surface area contributed by atoms with Gasteiger partial charge < -0.3 is 125 Å². The molecule has 0 aromatic rings. The van der Waals surface area contributed by atoms with Crippen molar-refractivity contribution >= 4 is 12.2 Å². The van der Waals surface area contributed by atoms with E-state index < -0.39 is 180 Å². The molecule has 4 saturated heterocycles. The molecular formula is C32H55NO25. The molecule has 0 aromatic carbocycles. The van der Waals surface area contributed by atoms with Crippen LogP contribution in [0.1, 0.15) is 13.8 Å². The van der Waals surface area contributed by atoms with Crippen molar-refractivity contribution in [1.29, 1.82) is 0 Å². The lowest BCUT2D eigenvalue weighted by Gasteiger charge is -2.49. The molecule has 4 heterocycles. The highest BCUT2D eigenvalue weighted by atomic mass is 16.8.